The molecule has 3 unspecified atom stereocenters. The van der Waals surface area contributed by atoms with E-state index in [1.54, 1.807) is 19.1 Å². The van der Waals surface area contributed by atoms with Crippen LogP contribution in [-0.2, 0) is 16.1 Å². The minimum Gasteiger partial charge on any atom is -0.480 e. The number of aliphatic hydroxyl groups excluding tert-OH is 1. The number of benzene rings is 1. The maximum atomic E-state index is 11.6. The Bertz CT molecular complexity index is 446. The molecule has 20 heavy (non-hydrogen) atoms. The van der Waals surface area contributed by atoms with Crippen LogP contribution in [0.2, 0.25) is 0 Å². The van der Waals surface area contributed by atoms with Crippen LogP contribution in [0.1, 0.15) is 19.4 Å². The Morgan fingerprint density at radius 3 is 2.35 bits per heavy atom. The summed E-state index contributed by atoms with van der Waals surface area (Å²) in [4.78, 5) is 22.7. The third-order valence-corrected chi connectivity index (χ3v) is 3.04. The van der Waals surface area contributed by atoms with Crippen LogP contribution in [0.15, 0.2) is 30.3 Å². The first-order valence-corrected chi connectivity index (χ1v) is 6.30. The lowest BCUT2D eigenvalue weighted by molar-refractivity contribution is -0.141. The summed E-state index contributed by atoms with van der Waals surface area (Å²) >= 11 is 0. The number of carboxylic acid groups (broad SMARTS) is 1. The first-order chi connectivity index (χ1) is 9.41. The fraction of sp³-hybridized carbons (Fsp3) is 0.429. The van der Waals surface area contributed by atoms with Crippen molar-refractivity contribution in [1.82, 2.24) is 5.32 Å². The molecule has 110 valence electrons. The lowest BCUT2D eigenvalue weighted by Gasteiger charge is -2.23. The van der Waals surface area contributed by atoms with Crippen molar-refractivity contribution in [2.75, 3.05) is 0 Å². The maximum absolute atomic E-state index is 11.6. The van der Waals surface area contributed by atoms with Crippen LogP contribution >= 0.6 is 0 Å². The SMILES string of the molecule is CC(O)C(C)C(NC(=O)OCc1ccccc1)C(=O)O. The monoisotopic (exact) mass is 281 g/mol. The van der Waals surface area contributed by atoms with Gasteiger partial charge in [-0.3, -0.25) is 0 Å². The number of carboxylic acids is 1. The van der Waals surface area contributed by atoms with E-state index in [4.69, 9.17) is 9.84 Å². The van der Waals surface area contributed by atoms with Crippen LogP contribution < -0.4 is 5.32 Å². The number of carbonyl (C=O) groups is 2. The zero-order valence-electron chi connectivity index (χ0n) is 11.4. The van der Waals surface area contributed by atoms with E-state index in [1.165, 1.54) is 6.92 Å². The van der Waals surface area contributed by atoms with E-state index in [9.17, 15) is 14.7 Å². The topological polar surface area (TPSA) is 95.9 Å². The standard InChI is InChI=1S/C14H19NO5/c1-9(10(2)16)12(13(17)18)15-14(19)20-8-11-6-4-3-5-7-11/h3-7,9-10,12,16H,8H2,1-2H3,(H,15,19)(H,17,18). The lowest BCUT2D eigenvalue weighted by Crippen LogP contribution is -2.48. The first-order valence-electron chi connectivity index (χ1n) is 6.30. The van der Waals surface area contributed by atoms with Gasteiger partial charge in [0.2, 0.25) is 0 Å². The average molecular weight is 281 g/mol. The van der Waals surface area contributed by atoms with E-state index in [1.807, 2.05) is 18.2 Å². The molecular formula is C14H19NO5. The molecule has 0 bridgehead atoms. The third-order valence-electron chi connectivity index (χ3n) is 3.04. The van der Waals surface area contributed by atoms with Crippen molar-refractivity contribution < 1.29 is 24.5 Å². The van der Waals surface area contributed by atoms with Crippen LogP contribution in [-0.4, -0.2) is 34.4 Å². The lowest BCUT2D eigenvalue weighted by atomic mass is 9.97. The second kappa shape index (κ2) is 7.49. The summed E-state index contributed by atoms with van der Waals surface area (Å²) in [7, 11) is 0. The van der Waals surface area contributed by atoms with Crippen molar-refractivity contribution in [3.05, 3.63) is 35.9 Å². The largest absolute Gasteiger partial charge is 0.480 e. The second-order valence-corrected chi connectivity index (χ2v) is 4.62. The molecule has 6 nitrogen and oxygen atoms in total. The van der Waals surface area contributed by atoms with Crippen LogP contribution in [0.4, 0.5) is 4.79 Å². The molecule has 0 spiro atoms. The minimum absolute atomic E-state index is 0.0576. The van der Waals surface area contributed by atoms with Gasteiger partial charge in [-0.05, 0) is 12.5 Å². The van der Waals surface area contributed by atoms with Crippen LogP contribution in [0.5, 0.6) is 0 Å². The summed E-state index contributed by atoms with van der Waals surface area (Å²) < 4.78 is 4.94. The Kier molecular flexibility index (Phi) is 5.99. The van der Waals surface area contributed by atoms with Gasteiger partial charge in [0, 0.05) is 5.92 Å². The maximum Gasteiger partial charge on any atom is 0.408 e. The van der Waals surface area contributed by atoms with E-state index in [0.29, 0.717) is 0 Å². The van der Waals surface area contributed by atoms with Crippen molar-refractivity contribution in [3.63, 3.8) is 0 Å². The Hall–Kier alpha value is -2.08. The molecule has 0 aliphatic heterocycles. The number of aliphatic carboxylic acids is 1. The van der Waals surface area contributed by atoms with Crippen molar-refractivity contribution in [1.29, 1.82) is 0 Å². The molecule has 0 radical (unpaired) electrons. The molecule has 0 saturated heterocycles. The van der Waals surface area contributed by atoms with Gasteiger partial charge in [0.25, 0.3) is 0 Å². The summed E-state index contributed by atoms with van der Waals surface area (Å²) in [6.07, 6.45) is -1.68. The second-order valence-electron chi connectivity index (χ2n) is 4.62. The molecule has 0 heterocycles. The van der Waals surface area contributed by atoms with Gasteiger partial charge in [-0.25, -0.2) is 9.59 Å². The van der Waals surface area contributed by atoms with Crippen LogP contribution in [0.3, 0.4) is 0 Å². The molecule has 0 aromatic heterocycles. The molecule has 1 rings (SSSR count). The average Bonchev–Trinajstić information content (AvgIpc) is 2.42. The van der Waals surface area contributed by atoms with E-state index >= 15 is 0 Å². The van der Waals surface area contributed by atoms with E-state index in [2.05, 4.69) is 5.32 Å². The predicted molar refractivity (Wildman–Crippen MR) is 72.0 cm³/mol. The molecule has 3 N–H and O–H groups in total. The molecule has 1 aromatic rings. The molecule has 6 heteroatoms. The van der Waals surface area contributed by atoms with E-state index in [0.717, 1.165) is 5.56 Å². The summed E-state index contributed by atoms with van der Waals surface area (Å²) in [5, 5.41) is 20.7. The Labute approximate surface area is 117 Å². The number of carbonyl (C=O) groups excluding carboxylic acids is 1. The summed E-state index contributed by atoms with van der Waals surface area (Å²) in [5.74, 6) is -1.84. The summed E-state index contributed by atoms with van der Waals surface area (Å²) in [5.41, 5.74) is 0.804. The molecule has 0 fully saturated rings. The van der Waals surface area contributed by atoms with Gasteiger partial charge < -0.3 is 20.3 Å². The number of ether oxygens (including phenoxy) is 1. The fourth-order valence-electron chi connectivity index (χ4n) is 1.59. The van der Waals surface area contributed by atoms with Crippen molar-refractivity contribution in [2.24, 2.45) is 5.92 Å². The molecule has 0 saturated carbocycles. The number of hydrogen-bond donors (Lipinski definition) is 3. The van der Waals surface area contributed by atoms with Gasteiger partial charge in [-0.2, -0.15) is 0 Å². The zero-order chi connectivity index (χ0) is 15.1. The fourth-order valence-corrected chi connectivity index (χ4v) is 1.59. The minimum atomic E-state index is -1.21. The number of rotatable bonds is 6. The van der Waals surface area contributed by atoms with Gasteiger partial charge in [-0.15, -0.1) is 0 Å². The molecular weight excluding hydrogens is 262 g/mol. The summed E-state index contributed by atoms with van der Waals surface area (Å²) in [6.45, 7) is 3.07. The molecule has 3 atom stereocenters. The van der Waals surface area contributed by atoms with Gasteiger partial charge >= 0.3 is 12.1 Å². The van der Waals surface area contributed by atoms with Crippen molar-refractivity contribution in [2.45, 2.75) is 32.6 Å². The molecule has 1 amide bonds. The zero-order valence-corrected chi connectivity index (χ0v) is 11.4. The third kappa shape index (κ3) is 4.89. The van der Waals surface area contributed by atoms with Gasteiger partial charge in [0.1, 0.15) is 12.6 Å². The quantitative estimate of drug-likeness (QED) is 0.732. The predicted octanol–water partition coefficient (Wildman–Crippen LogP) is 1.38. The van der Waals surface area contributed by atoms with Crippen molar-refractivity contribution in [3.8, 4) is 0 Å². The Morgan fingerprint density at radius 2 is 1.85 bits per heavy atom. The number of alkyl carbamates (subject to hydrolysis) is 1. The van der Waals surface area contributed by atoms with E-state index < -0.39 is 30.1 Å². The van der Waals surface area contributed by atoms with Crippen LogP contribution in [0.25, 0.3) is 0 Å². The number of amides is 1. The Morgan fingerprint density at radius 1 is 1.25 bits per heavy atom. The number of aliphatic hydroxyl groups is 1. The highest BCUT2D eigenvalue weighted by atomic mass is 16.5. The highest BCUT2D eigenvalue weighted by molar-refractivity contribution is 5.80. The van der Waals surface area contributed by atoms with Gasteiger partial charge in [0.05, 0.1) is 6.10 Å². The highest BCUT2D eigenvalue weighted by Crippen LogP contribution is 2.09. The van der Waals surface area contributed by atoms with Crippen molar-refractivity contribution >= 4 is 12.1 Å². The number of hydrogen-bond acceptors (Lipinski definition) is 4. The number of nitrogens with one attached hydrogen (secondary N) is 1. The summed E-state index contributed by atoms with van der Waals surface area (Å²) in [6, 6.07) is 7.85. The molecule has 1 aromatic carbocycles. The smallest absolute Gasteiger partial charge is 0.408 e. The molecule has 0 aliphatic rings. The molecule has 0 aliphatic carbocycles. The normalized spacial score (nSPS) is 14.9. The van der Waals surface area contributed by atoms with E-state index in [-0.39, 0.29) is 6.61 Å². The highest BCUT2D eigenvalue weighted by Gasteiger charge is 2.29. The first kappa shape index (κ1) is 16.0. The van der Waals surface area contributed by atoms with Gasteiger partial charge in [-0.1, -0.05) is 37.3 Å². The van der Waals surface area contributed by atoms with Crippen LogP contribution in [0, 0.1) is 5.92 Å². The van der Waals surface area contributed by atoms with Gasteiger partial charge in [0.15, 0.2) is 0 Å². The Balaban J connectivity index is 2.52.